The van der Waals surface area contributed by atoms with Crippen molar-refractivity contribution in [3.8, 4) is 0 Å². The predicted octanol–water partition coefficient (Wildman–Crippen LogP) is 2.78. The van der Waals surface area contributed by atoms with E-state index in [0.717, 1.165) is 48.4 Å². The van der Waals surface area contributed by atoms with E-state index in [0.29, 0.717) is 6.42 Å². The maximum Gasteiger partial charge on any atom is 0.226 e. The number of hydrogen-bond acceptors (Lipinski definition) is 3. The van der Waals surface area contributed by atoms with Crippen molar-refractivity contribution in [1.82, 2.24) is 0 Å². The molecule has 1 aromatic carbocycles. The van der Waals surface area contributed by atoms with Crippen LogP contribution in [0.2, 0.25) is 0 Å². The highest BCUT2D eigenvalue weighted by Gasteiger charge is 2.18. The van der Waals surface area contributed by atoms with Gasteiger partial charge in [0.2, 0.25) is 5.91 Å². The van der Waals surface area contributed by atoms with Gasteiger partial charge in [0, 0.05) is 18.0 Å². The molecular formula is C15H22N2O2. The van der Waals surface area contributed by atoms with Gasteiger partial charge in [0.05, 0.1) is 12.5 Å². The fourth-order valence-electron chi connectivity index (χ4n) is 2.35. The van der Waals surface area contributed by atoms with E-state index in [1.807, 2.05) is 26.0 Å². The Hall–Kier alpha value is -1.55. The molecule has 0 radical (unpaired) electrons. The Bertz CT molecular complexity index is 465. The zero-order valence-corrected chi connectivity index (χ0v) is 11.7. The number of rotatable bonds is 3. The van der Waals surface area contributed by atoms with Gasteiger partial charge in [-0.1, -0.05) is 0 Å². The van der Waals surface area contributed by atoms with Crippen molar-refractivity contribution >= 4 is 17.3 Å². The molecule has 0 bridgehead atoms. The van der Waals surface area contributed by atoms with Gasteiger partial charge in [0.15, 0.2) is 0 Å². The van der Waals surface area contributed by atoms with Gasteiger partial charge < -0.3 is 15.8 Å². The summed E-state index contributed by atoms with van der Waals surface area (Å²) >= 11 is 0. The van der Waals surface area contributed by atoms with Crippen LogP contribution in [0.15, 0.2) is 12.1 Å². The molecule has 1 unspecified atom stereocenters. The number of carbonyl (C=O) groups is 1. The first-order valence-corrected chi connectivity index (χ1v) is 6.84. The van der Waals surface area contributed by atoms with Crippen LogP contribution in [0.25, 0.3) is 0 Å². The smallest absolute Gasteiger partial charge is 0.226 e. The Balaban J connectivity index is 1.96. The van der Waals surface area contributed by atoms with Crippen LogP contribution < -0.4 is 11.1 Å². The third-order valence-corrected chi connectivity index (χ3v) is 3.57. The predicted molar refractivity (Wildman–Crippen MR) is 77.2 cm³/mol. The molecule has 4 nitrogen and oxygen atoms in total. The number of carbonyl (C=O) groups excluding carboxylic acids is 1. The van der Waals surface area contributed by atoms with Crippen LogP contribution in [0.4, 0.5) is 11.4 Å². The van der Waals surface area contributed by atoms with Crippen LogP contribution in [-0.2, 0) is 9.53 Å². The van der Waals surface area contributed by atoms with Crippen LogP contribution in [0, 0.1) is 13.8 Å². The third kappa shape index (κ3) is 3.70. The lowest BCUT2D eigenvalue weighted by Crippen LogP contribution is -2.25. The molecule has 1 aliphatic heterocycles. The number of hydrogen-bond donors (Lipinski definition) is 2. The van der Waals surface area contributed by atoms with Gasteiger partial charge in [-0.15, -0.1) is 0 Å². The summed E-state index contributed by atoms with van der Waals surface area (Å²) in [7, 11) is 0. The molecule has 1 amide bonds. The van der Waals surface area contributed by atoms with E-state index in [-0.39, 0.29) is 12.0 Å². The normalized spacial score (nSPS) is 19.2. The molecule has 0 aliphatic carbocycles. The van der Waals surface area contributed by atoms with Gasteiger partial charge >= 0.3 is 0 Å². The minimum Gasteiger partial charge on any atom is -0.399 e. The number of ether oxygens (including phenoxy) is 1. The molecule has 1 saturated heterocycles. The lowest BCUT2D eigenvalue weighted by molar-refractivity contribution is -0.119. The monoisotopic (exact) mass is 262 g/mol. The van der Waals surface area contributed by atoms with E-state index in [9.17, 15) is 4.79 Å². The van der Waals surface area contributed by atoms with Crippen LogP contribution >= 0.6 is 0 Å². The van der Waals surface area contributed by atoms with E-state index < -0.39 is 0 Å². The van der Waals surface area contributed by atoms with Crippen molar-refractivity contribution in [1.29, 1.82) is 0 Å². The van der Waals surface area contributed by atoms with Crippen molar-refractivity contribution in [2.75, 3.05) is 17.7 Å². The number of amides is 1. The average Bonchev–Trinajstić information content (AvgIpc) is 2.37. The van der Waals surface area contributed by atoms with Crippen LogP contribution in [0.1, 0.15) is 36.8 Å². The molecule has 1 aromatic rings. The minimum absolute atomic E-state index is 0.0131. The molecule has 1 fully saturated rings. The topological polar surface area (TPSA) is 64.3 Å². The maximum atomic E-state index is 12.0. The van der Waals surface area contributed by atoms with Gasteiger partial charge in [0.1, 0.15) is 0 Å². The SMILES string of the molecule is Cc1cc(NC(=O)CC2CCCCO2)c(C)cc1N. The fraction of sp³-hybridized carbons (Fsp3) is 0.533. The lowest BCUT2D eigenvalue weighted by Gasteiger charge is -2.22. The maximum absolute atomic E-state index is 12.0. The van der Waals surface area contributed by atoms with Crippen LogP contribution in [-0.4, -0.2) is 18.6 Å². The molecule has 2 rings (SSSR count). The molecule has 3 N–H and O–H groups in total. The Kier molecular flexibility index (Phi) is 4.43. The highest BCUT2D eigenvalue weighted by atomic mass is 16.5. The molecule has 0 spiro atoms. The van der Waals surface area contributed by atoms with E-state index in [4.69, 9.17) is 10.5 Å². The lowest BCUT2D eigenvalue weighted by atomic mass is 10.1. The van der Waals surface area contributed by atoms with Crippen LogP contribution in [0.5, 0.6) is 0 Å². The molecule has 0 saturated carbocycles. The minimum atomic E-state index is 0.0131. The van der Waals surface area contributed by atoms with Gasteiger partial charge in [-0.25, -0.2) is 0 Å². The van der Waals surface area contributed by atoms with Crippen LogP contribution in [0.3, 0.4) is 0 Å². The first-order chi connectivity index (χ1) is 9.06. The summed E-state index contributed by atoms with van der Waals surface area (Å²) in [5.74, 6) is 0.0131. The van der Waals surface area contributed by atoms with E-state index in [1.54, 1.807) is 0 Å². The third-order valence-electron chi connectivity index (χ3n) is 3.57. The van der Waals surface area contributed by atoms with Gasteiger partial charge in [-0.05, 0) is 56.4 Å². The second-order valence-corrected chi connectivity index (χ2v) is 5.26. The Morgan fingerprint density at radius 2 is 2.16 bits per heavy atom. The standard InChI is InChI=1S/C15H22N2O2/c1-10-8-14(11(2)7-13(10)16)17-15(18)9-12-5-3-4-6-19-12/h7-8,12H,3-6,9,16H2,1-2H3,(H,17,18). The summed E-state index contributed by atoms with van der Waals surface area (Å²) < 4.78 is 5.58. The number of nitrogens with one attached hydrogen (secondary N) is 1. The molecule has 4 heteroatoms. The number of benzene rings is 1. The molecular weight excluding hydrogens is 240 g/mol. The highest BCUT2D eigenvalue weighted by Crippen LogP contribution is 2.23. The van der Waals surface area contributed by atoms with E-state index >= 15 is 0 Å². The Morgan fingerprint density at radius 3 is 2.84 bits per heavy atom. The van der Waals surface area contributed by atoms with E-state index in [1.165, 1.54) is 0 Å². The second-order valence-electron chi connectivity index (χ2n) is 5.26. The summed E-state index contributed by atoms with van der Waals surface area (Å²) in [6.07, 6.45) is 3.74. The second kappa shape index (κ2) is 6.06. The van der Waals surface area contributed by atoms with E-state index in [2.05, 4.69) is 5.32 Å². The number of aryl methyl sites for hydroxylation is 2. The summed E-state index contributed by atoms with van der Waals surface area (Å²) in [5, 5.41) is 2.95. The zero-order valence-electron chi connectivity index (χ0n) is 11.7. The van der Waals surface area contributed by atoms with Crippen molar-refractivity contribution in [3.05, 3.63) is 23.3 Å². The Morgan fingerprint density at radius 1 is 1.37 bits per heavy atom. The van der Waals surface area contributed by atoms with Gasteiger partial charge in [-0.2, -0.15) is 0 Å². The zero-order chi connectivity index (χ0) is 13.8. The fourth-order valence-corrected chi connectivity index (χ4v) is 2.35. The first-order valence-electron chi connectivity index (χ1n) is 6.84. The van der Waals surface area contributed by atoms with Gasteiger partial charge in [0.25, 0.3) is 0 Å². The number of nitrogens with two attached hydrogens (primary N) is 1. The molecule has 19 heavy (non-hydrogen) atoms. The summed E-state index contributed by atoms with van der Waals surface area (Å²) in [4.78, 5) is 12.0. The largest absolute Gasteiger partial charge is 0.399 e. The first kappa shape index (κ1) is 13.9. The summed E-state index contributed by atoms with van der Waals surface area (Å²) in [6.45, 7) is 4.66. The molecule has 1 aliphatic rings. The van der Waals surface area contributed by atoms with Crippen molar-refractivity contribution in [2.45, 2.75) is 45.6 Å². The van der Waals surface area contributed by atoms with Crippen molar-refractivity contribution in [2.24, 2.45) is 0 Å². The molecule has 1 heterocycles. The summed E-state index contributed by atoms with van der Waals surface area (Å²) in [6, 6.07) is 3.81. The summed E-state index contributed by atoms with van der Waals surface area (Å²) in [5.41, 5.74) is 9.40. The number of nitrogen functional groups attached to an aromatic ring is 1. The average molecular weight is 262 g/mol. The van der Waals surface area contributed by atoms with Crippen molar-refractivity contribution in [3.63, 3.8) is 0 Å². The number of anilines is 2. The van der Waals surface area contributed by atoms with Crippen molar-refractivity contribution < 1.29 is 9.53 Å². The molecule has 0 aromatic heterocycles. The van der Waals surface area contributed by atoms with Gasteiger partial charge in [-0.3, -0.25) is 4.79 Å². The molecule has 1 atom stereocenters. The molecule has 104 valence electrons. The highest BCUT2D eigenvalue weighted by molar-refractivity contribution is 5.92. The quantitative estimate of drug-likeness (QED) is 0.823. The Labute approximate surface area is 114 Å².